The first-order valence-corrected chi connectivity index (χ1v) is 8.40. The predicted molar refractivity (Wildman–Crippen MR) is 84.4 cm³/mol. The third-order valence-electron chi connectivity index (χ3n) is 3.88. The van der Waals surface area contributed by atoms with Gasteiger partial charge in [0, 0.05) is 18.7 Å². The molecule has 2 heterocycles. The van der Waals surface area contributed by atoms with Gasteiger partial charge in [0.15, 0.2) is 0 Å². The predicted octanol–water partition coefficient (Wildman–Crippen LogP) is 3.85. The first-order valence-electron chi connectivity index (χ1n) is 7.52. The summed E-state index contributed by atoms with van der Waals surface area (Å²) in [5, 5.41) is 1.87. The summed E-state index contributed by atoms with van der Waals surface area (Å²) in [5.41, 5.74) is 0.201. The van der Waals surface area contributed by atoms with E-state index in [0.29, 0.717) is 18.0 Å². The minimum atomic E-state index is -0.483. The molecule has 1 atom stereocenters. The third-order valence-corrected chi connectivity index (χ3v) is 4.74. The van der Waals surface area contributed by atoms with E-state index in [0.717, 1.165) is 31.0 Å². The number of carbonyl (C=O) groups is 1. The average Bonchev–Trinajstić information content (AvgIpc) is 3.10. The molecule has 0 N–H and O–H groups in total. The first-order chi connectivity index (χ1) is 11.1. The lowest BCUT2D eigenvalue weighted by atomic mass is 10.1. The summed E-state index contributed by atoms with van der Waals surface area (Å²) in [5.74, 6) is -0.956. The minimum Gasteiger partial charge on any atom is -0.372 e. The molecule has 1 unspecified atom stereocenters. The SMILES string of the molecule is O=C(c1cccs1)N1CCCC(OCc2cc(F)ccc2F)C1. The Labute approximate surface area is 137 Å². The lowest BCUT2D eigenvalue weighted by Gasteiger charge is -2.32. The van der Waals surface area contributed by atoms with Gasteiger partial charge in [-0.1, -0.05) is 6.07 Å². The molecule has 1 amide bonds. The molecule has 1 aliphatic heterocycles. The maximum atomic E-state index is 13.6. The van der Waals surface area contributed by atoms with E-state index in [1.165, 1.54) is 11.3 Å². The van der Waals surface area contributed by atoms with Gasteiger partial charge in [0.2, 0.25) is 0 Å². The zero-order valence-corrected chi connectivity index (χ0v) is 13.3. The Balaban J connectivity index is 1.58. The minimum absolute atomic E-state index is 0.00485. The molecule has 0 spiro atoms. The van der Waals surface area contributed by atoms with Crippen LogP contribution in [0.25, 0.3) is 0 Å². The van der Waals surface area contributed by atoms with Gasteiger partial charge < -0.3 is 9.64 Å². The van der Waals surface area contributed by atoms with Crippen LogP contribution in [0.3, 0.4) is 0 Å². The average molecular weight is 337 g/mol. The van der Waals surface area contributed by atoms with Gasteiger partial charge in [-0.3, -0.25) is 4.79 Å². The number of rotatable bonds is 4. The number of halogens is 2. The summed E-state index contributed by atoms with van der Waals surface area (Å²) in [6.07, 6.45) is 1.49. The molecular formula is C17H17F2NO2S. The molecule has 122 valence electrons. The van der Waals surface area contributed by atoms with Crippen LogP contribution in [0, 0.1) is 11.6 Å². The van der Waals surface area contributed by atoms with Crippen molar-refractivity contribution in [3.63, 3.8) is 0 Å². The van der Waals surface area contributed by atoms with Crippen molar-refractivity contribution in [1.29, 1.82) is 0 Å². The maximum Gasteiger partial charge on any atom is 0.264 e. The van der Waals surface area contributed by atoms with Crippen LogP contribution in [0.1, 0.15) is 28.1 Å². The summed E-state index contributed by atoms with van der Waals surface area (Å²) in [6.45, 7) is 1.19. The number of piperidine rings is 1. The molecule has 1 aromatic carbocycles. The van der Waals surface area contributed by atoms with Crippen molar-refractivity contribution in [1.82, 2.24) is 4.90 Å². The van der Waals surface area contributed by atoms with E-state index in [4.69, 9.17) is 4.74 Å². The number of benzene rings is 1. The summed E-state index contributed by atoms with van der Waals surface area (Å²) in [6, 6.07) is 6.98. The highest BCUT2D eigenvalue weighted by atomic mass is 32.1. The van der Waals surface area contributed by atoms with E-state index in [2.05, 4.69) is 0 Å². The number of thiophene rings is 1. The van der Waals surface area contributed by atoms with Gasteiger partial charge in [-0.15, -0.1) is 11.3 Å². The lowest BCUT2D eigenvalue weighted by molar-refractivity contribution is -0.00756. The van der Waals surface area contributed by atoms with Crippen LogP contribution in [0.5, 0.6) is 0 Å². The van der Waals surface area contributed by atoms with Crippen molar-refractivity contribution in [2.75, 3.05) is 13.1 Å². The first kappa shape index (κ1) is 16.1. The van der Waals surface area contributed by atoms with Gasteiger partial charge in [0.05, 0.1) is 17.6 Å². The van der Waals surface area contributed by atoms with E-state index in [1.54, 1.807) is 11.0 Å². The fourth-order valence-corrected chi connectivity index (χ4v) is 3.37. The summed E-state index contributed by atoms with van der Waals surface area (Å²) < 4.78 is 32.5. The molecule has 1 aromatic heterocycles. The lowest BCUT2D eigenvalue weighted by Crippen LogP contribution is -2.43. The summed E-state index contributed by atoms with van der Waals surface area (Å²) >= 11 is 1.42. The molecule has 6 heteroatoms. The van der Waals surface area contributed by atoms with Crippen LogP contribution in [0.4, 0.5) is 8.78 Å². The quantitative estimate of drug-likeness (QED) is 0.848. The van der Waals surface area contributed by atoms with E-state index in [9.17, 15) is 13.6 Å². The van der Waals surface area contributed by atoms with Crippen molar-refractivity contribution in [3.05, 3.63) is 57.8 Å². The second-order valence-electron chi connectivity index (χ2n) is 5.54. The van der Waals surface area contributed by atoms with Crippen LogP contribution in [0.15, 0.2) is 35.7 Å². The topological polar surface area (TPSA) is 29.5 Å². The van der Waals surface area contributed by atoms with Crippen LogP contribution in [-0.4, -0.2) is 30.0 Å². The monoisotopic (exact) mass is 337 g/mol. The number of amides is 1. The molecule has 3 rings (SSSR count). The largest absolute Gasteiger partial charge is 0.372 e. The number of carbonyl (C=O) groups excluding carboxylic acids is 1. The van der Waals surface area contributed by atoms with Gasteiger partial charge in [-0.05, 0) is 42.5 Å². The van der Waals surface area contributed by atoms with E-state index >= 15 is 0 Å². The van der Waals surface area contributed by atoms with Gasteiger partial charge in [-0.25, -0.2) is 8.78 Å². The van der Waals surface area contributed by atoms with Crippen LogP contribution in [0.2, 0.25) is 0 Å². The van der Waals surface area contributed by atoms with Gasteiger partial charge >= 0.3 is 0 Å². The summed E-state index contributed by atoms with van der Waals surface area (Å²) in [7, 11) is 0. The molecule has 23 heavy (non-hydrogen) atoms. The smallest absolute Gasteiger partial charge is 0.264 e. The Hall–Kier alpha value is -1.79. The Bertz CT molecular complexity index is 675. The Kier molecular flexibility index (Phi) is 5.03. The standard InChI is InChI=1S/C17H17F2NO2S/c18-13-5-6-15(19)12(9-13)11-22-14-3-1-7-20(10-14)17(21)16-4-2-8-23-16/h2,4-6,8-9,14H,1,3,7,10-11H2. The normalized spacial score (nSPS) is 18.2. The van der Waals surface area contributed by atoms with Gasteiger partial charge in [-0.2, -0.15) is 0 Å². The van der Waals surface area contributed by atoms with Gasteiger partial charge in [0.25, 0.3) is 5.91 Å². The van der Waals surface area contributed by atoms with Crippen LogP contribution >= 0.6 is 11.3 Å². The number of hydrogen-bond donors (Lipinski definition) is 0. The van der Waals surface area contributed by atoms with Crippen molar-refractivity contribution < 1.29 is 18.3 Å². The second kappa shape index (κ2) is 7.19. The van der Waals surface area contributed by atoms with Crippen LogP contribution in [-0.2, 0) is 11.3 Å². The van der Waals surface area contributed by atoms with Crippen molar-refractivity contribution in [2.45, 2.75) is 25.6 Å². The zero-order chi connectivity index (χ0) is 16.2. The zero-order valence-electron chi connectivity index (χ0n) is 12.5. The highest BCUT2D eigenvalue weighted by Gasteiger charge is 2.25. The van der Waals surface area contributed by atoms with Crippen molar-refractivity contribution in [2.24, 2.45) is 0 Å². The molecular weight excluding hydrogens is 320 g/mol. The number of hydrogen-bond acceptors (Lipinski definition) is 3. The number of likely N-dealkylation sites (tertiary alicyclic amines) is 1. The fraction of sp³-hybridized carbons (Fsp3) is 0.353. The van der Waals surface area contributed by atoms with Gasteiger partial charge in [0.1, 0.15) is 11.6 Å². The Morgan fingerprint density at radius 3 is 3.00 bits per heavy atom. The van der Waals surface area contributed by atoms with Crippen molar-refractivity contribution >= 4 is 17.2 Å². The molecule has 1 fully saturated rings. The molecule has 1 saturated heterocycles. The maximum absolute atomic E-state index is 13.6. The highest BCUT2D eigenvalue weighted by Crippen LogP contribution is 2.20. The second-order valence-corrected chi connectivity index (χ2v) is 6.49. The Morgan fingerprint density at radius 1 is 1.35 bits per heavy atom. The van der Waals surface area contributed by atoms with Crippen LogP contribution < -0.4 is 0 Å². The number of ether oxygens (including phenoxy) is 1. The molecule has 0 bridgehead atoms. The number of nitrogens with zero attached hydrogens (tertiary/aromatic N) is 1. The third kappa shape index (κ3) is 3.95. The molecule has 1 aliphatic rings. The molecule has 0 saturated carbocycles. The van der Waals surface area contributed by atoms with E-state index in [1.807, 2.05) is 11.4 Å². The molecule has 2 aromatic rings. The Morgan fingerprint density at radius 2 is 2.22 bits per heavy atom. The molecule has 0 radical (unpaired) electrons. The molecule has 3 nitrogen and oxygen atoms in total. The van der Waals surface area contributed by atoms with E-state index in [-0.39, 0.29) is 24.2 Å². The highest BCUT2D eigenvalue weighted by molar-refractivity contribution is 7.12. The van der Waals surface area contributed by atoms with Crippen molar-refractivity contribution in [3.8, 4) is 0 Å². The summed E-state index contributed by atoms with van der Waals surface area (Å²) in [4.78, 5) is 14.8. The molecule has 0 aliphatic carbocycles. The van der Waals surface area contributed by atoms with E-state index < -0.39 is 11.6 Å². The fourth-order valence-electron chi connectivity index (χ4n) is 2.68.